The molecule has 0 unspecified atom stereocenters. The van der Waals surface area contributed by atoms with Crippen LogP contribution < -0.4 is 0 Å². The van der Waals surface area contributed by atoms with Crippen molar-refractivity contribution >= 4 is 0 Å². The molecule has 0 atom stereocenters. The number of hydrogen-bond acceptors (Lipinski definition) is 2. The van der Waals surface area contributed by atoms with Gasteiger partial charge >= 0.3 is 0 Å². The molecule has 1 heterocycles. The standard InChI is InChI=1S/C13H11NO/c15-11-5-1-3-9-6-7-10-4-2-8-14-13(10)12(9)11/h1-5,8,15H,6-7H2. The van der Waals surface area contributed by atoms with Crippen LogP contribution in [0.3, 0.4) is 0 Å². The van der Waals surface area contributed by atoms with Crippen molar-refractivity contribution in [1.82, 2.24) is 4.98 Å². The molecule has 0 saturated carbocycles. The predicted molar refractivity (Wildman–Crippen MR) is 58.7 cm³/mol. The van der Waals surface area contributed by atoms with Crippen molar-refractivity contribution in [3.05, 3.63) is 47.7 Å². The first kappa shape index (κ1) is 8.48. The highest BCUT2D eigenvalue weighted by Crippen LogP contribution is 2.37. The van der Waals surface area contributed by atoms with Gasteiger partial charge in [0.15, 0.2) is 0 Å². The zero-order chi connectivity index (χ0) is 10.3. The van der Waals surface area contributed by atoms with Crippen molar-refractivity contribution in [1.29, 1.82) is 0 Å². The molecule has 0 radical (unpaired) electrons. The second-order valence-electron chi connectivity index (χ2n) is 3.82. The summed E-state index contributed by atoms with van der Waals surface area (Å²) >= 11 is 0. The number of phenolic OH excluding ortho intramolecular Hbond substituents is 1. The summed E-state index contributed by atoms with van der Waals surface area (Å²) in [5.41, 5.74) is 4.28. The fraction of sp³-hybridized carbons (Fsp3) is 0.154. The van der Waals surface area contributed by atoms with Gasteiger partial charge in [0.2, 0.25) is 0 Å². The van der Waals surface area contributed by atoms with E-state index >= 15 is 0 Å². The molecule has 0 amide bonds. The summed E-state index contributed by atoms with van der Waals surface area (Å²) in [4.78, 5) is 4.36. The summed E-state index contributed by atoms with van der Waals surface area (Å²) in [5, 5.41) is 9.86. The molecule has 74 valence electrons. The van der Waals surface area contributed by atoms with Crippen LogP contribution in [0.1, 0.15) is 11.1 Å². The van der Waals surface area contributed by atoms with E-state index in [0.29, 0.717) is 5.75 Å². The number of hydrogen-bond donors (Lipinski definition) is 1. The fourth-order valence-electron chi connectivity index (χ4n) is 2.20. The van der Waals surface area contributed by atoms with Gasteiger partial charge in [-0.15, -0.1) is 0 Å². The van der Waals surface area contributed by atoms with E-state index in [2.05, 4.69) is 17.1 Å². The van der Waals surface area contributed by atoms with Crippen LogP contribution >= 0.6 is 0 Å². The van der Waals surface area contributed by atoms with Gasteiger partial charge in [-0.1, -0.05) is 18.2 Å². The van der Waals surface area contributed by atoms with Crippen LogP contribution in [-0.4, -0.2) is 10.1 Å². The molecule has 0 bridgehead atoms. The molecule has 3 rings (SSSR count). The first-order valence-electron chi connectivity index (χ1n) is 5.11. The molecule has 1 aliphatic rings. The van der Waals surface area contributed by atoms with Gasteiger partial charge in [-0.05, 0) is 36.1 Å². The van der Waals surface area contributed by atoms with Gasteiger partial charge in [-0.25, -0.2) is 0 Å². The molecule has 1 N–H and O–H groups in total. The van der Waals surface area contributed by atoms with Crippen molar-refractivity contribution < 1.29 is 5.11 Å². The Bertz CT molecular complexity index is 520. The third kappa shape index (κ3) is 1.22. The normalized spacial score (nSPS) is 13.1. The SMILES string of the molecule is Oc1cccc2c1-c1ncccc1CC2. The van der Waals surface area contributed by atoms with Gasteiger partial charge in [0.25, 0.3) is 0 Å². The number of pyridine rings is 1. The number of phenols is 1. The molecule has 1 aliphatic carbocycles. The zero-order valence-electron chi connectivity index (χ0n) is 8.27. The summed E-state index contributed by atoms with van der Waals surface area (Å²) < 4.78 is 0. The minimum absolute atomic E-state index is 0.340. The minimum Gasteiger partial charge on any atom is -0.507 e. The number of aromatic hydroxyl groups is 1. The molecule has 0 aliphatic heterocycles. The van der Waals surface area contributed by atoms with E-state index in [9.17, 15) is 5.11 Å². The quantitative estimate of drug-likeness (QED) is 0.704. The summed E-state index contributed by atoms with van der Waals surface area (Å²) in [5.74, 6) is 0.340. The zero-order valence-corrected chi connectivity index (χ0v) is 8.27. The smallest absolute Gasteiger partial charge is 0.125 e. The summed E-state index contributed by atoms with van der Waals surface area (Å²) in [6, 6.07) is 9.71. The fourth-order valence-corrected chi connectivity index (χ4v) is 2.20. The molecule has 15 heavy (non-hydrogen) atoms. The van der Waals surface area contributed by atoms with Gasteiger partial charge in [0.1, 0.15) is 5.75 Å². The molecular weight excluding hydrogens is 186 g/mol. The lowest BCUT2D eigenvalue weighted by atomic mass is 9.88. The number of aryl methyl sites for hydroxylation is 2. The maximum Gasteiger partial charge on any atom is 0.125 e. The topological polar surface area (TPSA) is 33.1 Å². The summed E-state index contributed by atoms with van der Waals surface area (Å²) in [6.07, 6.45) is 3.78. The van der Waals surface area contributed by atoms with E-state index in [0.717, 1.165) is 24.1 Å². The first-order valence-corrected chi connectivity index (χ1v) is 5.11. The van der Waals surface area contributed by atoms with Gasteiger partial charge in [-0.2, -0.15) is 0 Å². The predicted octanol–water partition coefficient (Wildman–Crippen LogP) is 2.55. The first-order chi connectivity index (χ1) is 7.36. The van der Waals surface area contributed by atoms with Crippen LogP contribution in [0.25, 0.3) is 11.3 Å². The maximum absolute atomic E-state index is 9.86. The van der Waals surface area contributed by atoms with Crippen molar-refractivity contribution in [2.24, 2.45) is 0 Å². The molecular formula is C13H11NO. The Morgan fingerprint density at radius 3 is 2.73 bits per heavy atom. The number of fused-ring (bicyclic) bond motifs is 3. The van der Waals surface area contributed by atoms with Crippen LogP contribution in [0.4, 0.5) is 0 Å². The lowest BCUT2D eigenvalue weighted by Gasteiger charge is -2.19. The minimum atomic E-state index is 0.340. The Balaban J connectivity index is 2.33. The van der Waals surface area contributed by atoms with Gasteiger partial charge in [-0.3, -0.25) is 4.98 Å². The second kappa shape index (κ2) is 3.09. The Morgan fingerprint density at radius 1 is 1.00 bits per heavy atom. The van der Waals surface area contributed by atoms with Gasteiger partial charge < -0.3 is 5.11 Å². The number of aromatic nitrogens is 1. The Labute approximate surface area is 88.2 Å². The average molecular weight is 197 g/mol. The highest BCUT2D eigenvalue weighted by molar-refractivity contribution is 5.75. The van der Waals surface area contributed by atoms with E-state index in [1.165, 1.54) is 11.1 Å². The molecule has 2 nitrogen and oxygen atoms in total. The highest BCUT2D eigenvalue weighted by atomic mass is 16.3. The number of nitrogens with zero attached hydrogens (tertiary/aromatic N) is 1. The number of benzene rings is 1. The largest absolute Gasteiger partial charge is 0.507 e. The van der Waals surface area contributed by atoms with Crippen LogP contribution in [-0.2, 0) is 12.8 Å². The van der Waals surface area contributed by atoms with Crippen LogP contribution in [0.15, 0.2) is 36.5 Å². The maximum atomic E-state index is 9.86. The molecule has 0 spiro atoms. The van der Waals surface area contributed by atoms with Gasteiger partial charge in [0.05, 0.1) is 5.69 Å². The van der Waals surface area contributed by atoms with E-state index in [1.807, 2.05) is 12.1 Å². The van der Waals surface area contributed by atoms with Crippen molar-refractivity contribution in [3.8, 4) is 17.0 Å². The van der Waals surface area contributed by atoms with Crippen LogP contribution in [0, 0.1) is 0 Å². The monoisotopic (exact) mass is 197 g/mol. The highest BCUT2D eigenvalue weighted by Gasteiger charge is 2.19. The van der Waals surface area contributed by atoms with E-state index in [-0.39, 0.29) is 0 Å². The summed E-state index contributed by atoms with van der Waals surface area (Å²) in [7, 11) is 0. The van der Waals surface area contributed by atoms with Crippen molar-refractivity contribution in [2.45, 2.75) is 12.8 Å². The molecule has 2 heteroatoms. The van der Waals surface area contributed by atoms with E-state index in [1.54, 1.807) is 12.3 Å². The van der Waals surface area contributed by atoms with E-state index < -0.39 is 0 Å². The third-order valence-electron chi connectivity index (χ3n) is 2.92. The number of rotatable bonds is 0. The molecule has 0 fully saturated rings. The Hall–Kier alpha value is -1.83. The van der Waals surface area contributed by atoms with Crippen molar-refractivity contribution in [2.75, 3.05) is 0 Å². The molecule has 1 aromatic carbocycles. The average Bonchev–Trinajstić information content (AvgIpc) is 2.29. The van der Waals surface area contributed by atoms with E-state index in [4.69, 9.17) is 0 Å². The van der Waals surface area contributed by atoms with Crippen LogP contribution in [0.2, 0.25) is 0 Å². The second-order valence-corrected chi connectivity index (χ2v) is 3.82. The lowest BCUT2D eigenvalue weighted by Crippen LogP contribution is -2.05. The third-order valence-corrected chi connectivity index (χ3v) is 2.92. The summed E-state index contributed by atoms with van der Waals surface area (Å²) in [6.45, 7) is 0. The van der Waals surface area contributed by atoms with Crippen molar-refractivity contribution in [3.63, 3.8) is 0 Å². The molecule has 2 aromatic rings. The molecule has 0 saturated heterocycles. The van der Waals surface area contributed by atoms with Crippen LogP contribution in [0.5, 0.6) is 5.75 Å². The molecule has 1 aromatic heterocycles. The van der Waals surface area contributed by atoms with Gasteiger partial charge in [0, 0.05) is 11.8 Å². The lowest BCUT2D eigenvalue weighted by molar-refractivity contribution is 0.476. The Kier molecular flexibility index (Phi) is 1.75. The Morgan fingerprint density at radius 2 is 1.80 bits per heavy atom.